The van der Waals surface area contributed by atoms with Gasteiger partial charge in [0.1, 0.15) is 11.5 Å². The van der Waals surface area contributed by atoms with E-state index in [1.165, 1.54) is 5.56 Å². The zero-order valence-electron chi connectivity index (χ0n) is 16.5. The summed E-state index contributed by atoms with van der Waals surface area (Å²) in [5.41, 5.74) is 5.89. The number of aryl methyl sites for hydroxylation is 1. The van der Waals surface area contributed by atoms with Crippen molar-refractivity contribution >= 4 is 22.6 Å². The molecule has 0 aliphatic heterocycles. The van der Waals surface area contributed by atoms with E-state index in [9.17, 15) is 9.59 Å². The maximum absolute atomic E-state index is 12.1. The largest absolute Gasteiger partial charge is 0.483 e. The molecule has 0 heterocycles. The van der Waals surface area contributed by atoms with Crippen LogP contribution >= 0.6 is 0 Å². The summed E-state index contributed by atoms with van der Waals surface area (Å²) in [6.07, 6.45) is 0.171. The van der Waals surface area contributed by atoms with Crippen molar-refractivity contribution in [3.8, 4) is 11.5 Å². The average Bonchev–Trinajstić information content (AvgIpc) is 2.76. The summed E-state index contributed by atoms with van der Waals surface area (Å²) >= 11 is 0. The number of ether oxygens (including phenoxy) is 2. The van der Waals surface area contributed by atoms with Crippen molar-refractivity contribution in [2.45, 2.75) is 26.4 Å². The molecule has 1 unspecified atom stereocenters. The fourth-order valence-corrected chi connectivity index (χ4v) is 2.80. The van der Waals surface area contributed by atoms with Gasteiger partial charge in [0, 0.05) is 5.39 Å². The fraction of sp³-hybridized carbons (Fsp3) is 0.217. The quantitative estimate of drug-likeness (QED) is 0.604. The van der Waals surface area contributed by atoms with Gasteiger partial charge in [-0.3, -0.25) is 20.4 Å². The molecule has 3 aromatic rings. The Kier molecular flexibility index (Phi) is 6.68. The standard InChI is InChI=1S/C23H24N2O4/c1-3-17-11-13-19(14-12-17)29-16(2)23(27)25-24-22(26)15-28-21-10-6-8-18-7-4-5-9-20(18)21/h4-14,16H,3,15H2,1-2H3,(H,24,26)(H,25,27). The van der Waals surface area contributed by atoms with Crippen molar-refractivity contribution < 1.29 is 19.1 Å². The molecule has 3 rings (SSSR count). The molecule has 0 saturated heterocycles. The van der Waals surface area contributed by atoms with Crippen LogP contribution in [0.1, 0.15) is 19.4 Å². The van der Waals surface area contributed by atoms with E-state index < -0.39 is 17.9 Å². The Morgan fingerprint density at radius 2 is 1.66 bits per heavy atom. The molecule has 3 aromatic carbocycles. The number of hydrogen-bond acceptors (Lipinski definition) is 4. The number of carbonyl (C=O) groups is 2. The van der Waals surface area contributed by atoms with Crippen LogP contribution in [0.15, 0.2) is 66.7 Å². The number of rotatable bonds is 7. The van der Waals surface area contributed by atoms with Crippen LogP contribution in [-0.4, -0.2) is 24.5 Å². The minimum absolute atomic E-state index is 0.220. The first-order valence-corrected chi connectivity index (χ1v) is 9.51. The lowest BCUT2D eigenvalue weighted by Gasteiger charge is -2.15. The summed E-state index contributed by atoms with van der Waals surface area (Å²) < 4.78 is 11.2. The maximum Gasteiger partial charge on any atom is 0.279 e. The van der Waals surface area contributed by atoms with Crippen molar-refractivity contribution in [2.75, 3.05) is 6.61 Å². The zero-order chi connectivity index (χ0) is 20.6. The highest BCUT2D eigenvalue weighted by atomic mass is 16.5. The molecule has 0 radical (unpaired) electrons. The van der Waals surface area contributed by atoms with Gasteiger partial charge in [-0.1, -0.05) is 55.5 Å². The van der Waals surface area contributed by atoms with Gasteiger partial charge in [0.2, 0.25) is 0 Å². The van der Waals surface area contributed by atoms with Gasteiger partial charge in [-0.25, -0.2) is 0 Å². The van der Waals surface area contributed by atoms with E-state index >= 15 is 0 Å². The number of amides is 2. The van der Waals surface area contributed by atoms with Gasteiger partial charge < -0.3 is 9.47 Å². The lowest BCUT2D eigenvalue weighted by Crippen LogP contribution is -2.48. The number of carbonyl (C=O) groups excluding carboxylic acids is 2. The summed E-state index contributed by atoms with van der Waals surface area (Å²) in [4.78, 5) is 24.1. The SMILES string of the molecule is CCc1ccc(OC(C)C(=O)NNC(=O)COc2cccc3ccccc23)cc1. The van der Waals surface area contributed by atoms with Gasteiger partial charge in [0.25, 0.3) is 11.8 Å². The summed E-state index contributed by atoms with van der Waals surface area (Å²) in [6, 6.07) is 20.9. The van der Waals surface area contributed by atoms with E-state index in [-0.39, 0.29) is 6.61 Å². The molecule has 2 N–H and O–H groups in total. The van der Waals surface area contributed by atoms with Gasteiger partial charge in [-0.05, 0) is 42.5 Å². The molecule has 6 heteroatoms. The second-order valence-corrected chi connectivity index (χ2v) is 6.56. The van der Waals surface area contributed by atoms with E-state index in [0.29, 0.717) is 11.5 Å². The molecular formula is C23H24N2O4. The van der Waals surface area contributed by atoms with Crippen LogP contribution in [0.5, 0.6) is 11.5 Å². The lowest BCUT2D eigenvalue weighted by molar-refractivity contribution is -0.133. The Morgan fingerprint density at radius 1 is 0.931 bits per heavy atom. The Hall–Kier alpha value is -3.54. The molecule has 0 saturated carbocycles. The van der Waals surface area contributed by atoms with Crippen molar-refractivity contribution in [1.82, 2.24) is 10.9 Å². The van der Waals surface area contributed by atoms with Crippen molar-refractivity contribution in [3.63, 3.8) is 0 Å². The van der Waals surface area contributed by atoms with Crippen LogP contribution < -0.4 is 20.3 Å². The fourth-order valence-electron chi connectivity index (χ4n) is 2.80. The minimum atomic E-state index is -0.762. The monoisotopic (exact) mass is 392 g/mol. The molecule has 2 amide bonds. The lowest BCUT2D eigenvalue weighted by atomic mass is 10.1. The second kappa shape index (κ2) is 9.59. The summed E-state index contributed by atoms with van der Waals surface area (Å²) in [7, 11) is 0. The number of hydrazine groups is 1. The third-order valence-electron chi connectivity index (χ3n) is 4.45. The highest BCUT2D eigenvalue weighted by molar-refractivity contribution is 5.89. The average molecular weight is 392 g/mol. The first-order valence-electron chi connectivity index (χ1n) is 9.51. The smallest absolute Gasteiger partial charge is 0.279 e. The minimum Gasteiger partial charge on any atom is -0.483 e. The van der Waals surface area contributed by atoms with Crippen molar-refractivity contribution in [1.29, 1.82) is 0 Å². The molecule has 0 bridgehead atoms. The van der Waals surface area contributed by atoms with Crippen LogP contribution in [0.2, 0.25) is 0 Å². The molecule has 0 aromatic heterocycles. The van der Waals surface area contributed by atoms with E-state index in [2.05, 4.69) is 17.8 Å². The number of fused-ring (bicyclic) bond motifs is 1. The third-order valence-corrected chi connectivity index (χ3v) is 4.45. The van der Waals surface area contributed by atoms with E-state index in [0.717, 1.165) is 17.2 Å². The highest BCUT2D eigenvalue weighted by Gasteiger charge is 2.15. The molecule has 0 fully saturated rings. The molecule has 150 valence electrons. The highest BCUT2D eigenvalue weighted by Crippen LogP contribution is 2.24. The Labute approximate surface area is 169 Å². The van der Waals surface area contributed by atoms with Gasteiger partial charge in [0.05, 0.1) is 0 Å². The predicted octanol–water partition coefficient (Wildman–Crippen LogP) is 3.40. The normalized spacial score (nSPS) is 11.5. The molecule has 0 aliphatic carbocycles. The Morgan fingerprint density at radius 3 is 2.41 bits per heavy atom. The molecular weight excluding hydrogens is 368 g/mol. The Bertz CT molecular complexity index is 980. The summed E-state index contributed by atoms with van der Waals surface area (Å²) in [5.74, 6) is 0.279. The summed E-state index contributed by atoms with van der Waals surface area (Å²) in [6.45, 7) is 3.46. The van der Waals surface area contributed by atoms with Gasteiger partial charge >= 0.3 is 0 Å². The molecule has 0 aliphatic rings. The summed E-state index contributed by atoms with van der Waals surface area (Å²) in [5, 5.41) is 1.94. The van der Waals surface area contributed by atoms with Crippen LogP contribution in [0.25, 0.3) is 10.8 Å². The van der Waals surface area contributed by atoms with Crippen LogP contribution in [-0.2, 0) is 16.0 Å². The first-order chi connectivity index (χ1) is 14.1. The molecule has 6 nitrogen and oxygen atoms in total. The first kappa shape index (κ1) is 20.2. The molecule has 1 atom stereocenters. The Balaban J connectivity index is 1.46. The topological polar surface area (TPSA) is 76.7 Å². The third kappa shape index (κ3) is 5.48. The zero-order valence-corrected chi connectivity index (χ0v) is 16.5. The van der Waals surface area contributed by atoms with E-state index in [1.807, 2.05) is 60.7 Å². The van der Waals surface area contributed by atoms with E-state index in [4.69, 9.17) is 9.47 Å². The van der Waals surface area contributed by atoms with Crippen molar-refractivity contribution in [3.05, 3.63) is 72.3 Å². The van der Waals surface area contributed by atoms with Crippen LogP contribution in [0.3, 0.4) is 0 Å². The maximum atomic E-state index is 12.1. The number of nitrogens with one attached hydrogen (secondary N) is 2. The second-order valence-electron chi connectivity index (χ2n) is 6.56. The van der Waals surface area contributed by atoms with Crippen LogP contribution in [0.4, 0.5) is 0 Å². The van der Waals surface area contributed by atoms with Gasteiger partial charge in [-0.2, -0.15) is 0 Å². The number of benzene rings is 3. The molecule has 0 spiro atoms. The van der Waals surface area contributed by atoms with Gasteiger partial charge in [0.15, 0.2) is 12.7 Å². The molecule has 29 heavy (non-hydrogen) atoms. The predicted molar refractivity (Wildman–Crippen MR) is 112 cm³/mol. The van der Waals surface area contributed by atoms with Crippen LogP contribution in [0, 0.1) is 0 Å². The van der Waals surface area contributed by atoms with Gasteiger partial charge in [-0.15, -0.1) is 0 Å². The van der Waals surface area contributed by atoms with E-state index in [1.54, 1.807) is 13.0 Å². The van der Waals surface area contributed by atoms with Crippen molar-refractivity contribution in [2.24, 2.45) is 0 Å². The number of hydrogen-bond donors (Lipinski definition) is 2.